The highest BCUT2D eigenvalue weighted by atomic mass is 32.2. The van der Waals surface area contributed by atoms with Crippen molar-refractivity contribution in [3.05, 3.63) is 41.8 Å². The third kappa shape index (κ3) is 5.58. The third-order valence-corrected chi connectivity index (χ3v) is 4.78. The normalized spacial score (nSPS) is 13.5. The molecule has 2 rings (SSSR count). The molecule has 1 amide bonds. The molecule has 0 aliphatic rings. The van der Waals surface area contributed by atoms with E-state index in [9.17, 15) is 4.79 Å². The van der Waals surface area contributed by atoms with Crippen LogP contribution in [0.15, 0.2) is 40.0 Å². The fraction of sp³-hybridized carbons (Fsp3) is 0.438. The number of nitrogens with zero attached hydrogens (tertiary/aromatic N) is 2. The summed E-state index contributed by atoms with van der Waals surface area (Å²) in [5.74, 6) is 1.52. The predicted octanol–water partition coefficient (Wildman–Crippen LogP) is 3.33. The Morgan fingerprint density at radius 1 is 1.26 bits per heavy atom. The maximum absolute atomic E-state index is 12.2. The zero-order chi connectivity index (χ0) is 16.7. The van der Waals surface area contributed by atoms with Gasteiger partial charge in [-0.1, -0.05) is 49.0 Å². The average Bonchev–Trinajstić information content (AvgIpc) is 3.00. The SMILES string of the molecule is CSCc1nnc(SC(C)C(=O)NCC(C)c2ccccc2)o1. The first-order valence-corrected chi connectivity index (χ1v) is 9.68. The van der Waals surface area contributed by atoms with E-state index in [0.717, 1.165) is 0 Å². The fourth-order valence-corrected chi connectivity index (χ4v) is 3.06. The lowest BCUT2D eigenvalue weighted by Crippen LogP contribution is -2.33. The van der Waals surface area contributed by atoms with Crippen LogP contribution in [0, 0.1) is 0 Å². The van der Waals surface area contributed by atoms with Gasteiger partial charge in [0, 0.05) is 6.54 Å². The fourth-order valence-electron chi connectivity index (χ4n) is 1.97. The molecule has 0 radical (unpaired) electrons. The van der Waals surface area contributed by atoms with Crippen LogP contribution in [-0.4, -0.2) is 34.2 Å². The lowest BCUT2D eigenvalue weighted by Gasteiger charge is -2.15. The molecule has 7 heteroatoms. The van der Waals surface area contributed by atoms with E-state index in [4.69, 9.17) is 4.42 Å². The van der Waals surface area contributed by atoms with Crippen molar-refractivity contribution in [3.8, 4) is 0 Å². The number of nitrogens with one attached hydrogen (secondary N) is 1. The Morgan fingerprint density at radius 2 is 2.00 bits per heavy atom. The zero-order valence-electron chi connectivity index (χ0n) is 13.5. The van der Waals surface area contributed by atoms with Crippen molar-refractivity contribution in [3.63, 3.8) is 0 Å². The summed E-state index contributed by atoms with van der Waals surface area (Å²) in [6, 6.07) is 10.1. The van der Waals surface area contributed by atoms with Gasteiger partial charge < -0.3 is 9.73 Å². The molecule has 0 saturated carbocycles. The molecule has 1 heterocycles. The molecule has 2 unspecified atom stereocenters. The summed E-state index contributed by atoms with van der Waals surface area (Å²) in [6.45, 7) is 4.54. The van der Waals surface area contributed by atoms with Crippen LogP contribution in [0.2, 0.25) is 0 Å². The topological polar surface area (TPSA) is 68.0 Å². The van der Waals surface area contributed by atoms with Gasteiger partial charge in [0.05, 0.1) is 11.0 Å². The molecule has 2 atom stereocenters. The molecule has 1 aromatic carbocycles. The third-order valence-electron chi connectivity index (χ3n) is 3.31. The molecule has 0 bridgehead atoms. The molecular weight excluding hydrogens is 330 g/mol. The van der Waals surface area contributed by atoms with Gasteiger partial charge in [0.25, 0.3) is 5.22 Å². The van der Waals surface area contributed by atoms with Crippen LogP contribution in [0.3, 0.4) is 0 Å². The molecule has 0 aliphatic heterocycles. The van der Waals surface area contributed by atoms with Gasteiger partial charge in [0.1, 0.15) is 0 Å². The van der Waals surface area contributed by atoms with Crippen molar-refractivity contribution in [1.29, 1.82) is 0 Å². The Kier molecular flexibility index (Phi) is 6.98. The number of aromatic nitrogens is 2. The van der Waals surface area contributed by atoms with Crippen LogP contribution in [-0.2, 0) is 10.5 Å². The van der Waals surface area contributed by atoms with E-state index in [1.165, 1.54) is 17.3 Å². The van der Waals surface area contributed by atoms with Crippen LogP contribution >= 0.6 is 23.5 Å². The van der Waals surface area contributed by atoms with Crippen molar-refractivity contribution in [2.45, 2.75) is 36.0 Å². The summed E-state index contributed by atoms with van der Waals surface area (Å²) in [4.78, 5) is 12.2. The molecule has 5 nitrogen and oxygen atoms in total. The summed E-state index contributed by atoms with van der Waals surface area (Å²) >= 11 is 2.90. The Balaban J connectivity index is 1.80. The second-order valence-electron chi connectivity index (χ2n) is 5.21. The van der Waals surface area contributed by atoms with E-state index in [1.807, 2.05) is 31.4 Å². The number of carbonyl (C=O) groups excluding carboxylic acids is 1. The van der Waals surface area contributed by atoms with Crippen LogP contribution in [0.4, 0.5) is 0 Å². The second kappa shape index (κ2) is 8.98. The molecule has 23 heavy (non-hydrogen) atoms. The van der Waals surface area contributed by atoms with Crippen molar-refractivity contribution in [2.75, 3.05) is 12.8 Å². The molecule has 0 saturated heterocycles. The predicted molar refractivity (Wildman–Crippen MR) is 94.7 cm³/mol. The minimum absolute atomic E-state index is 0.0256. The highest BCUT2D eigenvalue weighted by Crippen LogP contribution is 2.23. The van der Waals surface area contributed by atoms with Gasteiger partial charge in [-0.15, -0.1) is 10.2 Å². The lowest BCUT2D eigenvalue weighted by atomic mass is 10.0. The number of thioether (sulfide) groups is 2. The summed E-state index contributed by atoms with van der Waals surface area (Å²) in [7, 11) is 0. The number of hydrogen-bond donors (Lipinski definition) is 1. The number of rotatable bonds is 8. The summed E-state index contributed by atoms with van der Waals surface area (Å²) in [5, 5.41) is 11.0. The molecule has 0 aliphatic carbocycles. The van der Waals surface area contributed by atoms with E-state index >= 15 is 0 Å². The first-order valence-electron chi connectivity index (χ1n) is 7.40. The van der Waals surface area contributed by atoms with E-state index in [0.29, 0.717) is 23.4 Å². The maximum Gasteiger partial charge on any atom is 0.277 e. The van der Waals surface area contributed by atoms with Gasteiger partial charge in [0.15, 0.2) is 0 Å². The van der Waals surface area contributed by atoms with Gasteiger partial charge in [-0.3, -0.25) is 4.79 Å². The minimum Gasteiger partial charge on any atom is -0.415 e. The van der Waals surface area contributed by atoms with Gasteiger partial charge in [-0.05, 0) is 24.7 Å². The average molecular weight is 351 g/mol. The molecule has 2 aromatic rings. The molecule has 0 spiro atoms. The second-order valence-corrected chi connectivity index (χ2v) is 7.37. The number of amides is 1. The number of carbonyl (C=O) groups is 1. The van der Waals surface area contributed by atoms with Gasteiger partial charge in [-0.2, -0.15) is 11.8 Å². The maximum atomic E-state index is 12.2. The Labute approximate surface area is 145 Å². The first-order chi connectivity index (χ1) is 11.1. The molecule has 0 fully saturated rings. The van der Waals surface area contributed by atoms with Crippen LogP contribution in [0.1, 0.15) is 31.2 Å². The Bertz CT molecular complexity index is 619. The van der Waals surface area contributed by atoms with E-state index in [2.05, 4.69) is 34.6 Å². The molecule has 124 valence electrons. The largest absolute Gasteiger partial charge is 0.415 e. The van der Waals surface area contributed by atoms with Crippen molar-refractivity contribution >= 4 is 29.4 Å². The molecule has 1 N–H and O–H groups in total. The van der Waals surface area contributed by atoms with E-state index in [-0.39, 0.29) is 17.1 Å². The van der Waals surface area contributed by atoms with Crippen LogP contribution in [0.25, 0.3) is 0 Å². The highest BCUT2D eigenvalue weighted by molar-refractivity contribution is 8.00. The smallest absolute Gasteiger partial charge is 0.277 e. The lowest BCUT2D eigenvalue weighted by molar-refractivity contribution is -0.120. The van der Waals surface area contributed by atoms with E-state index < -0.39 is 0 Å². The van der Waals surface area contributed by atoms with Crippen LogP contribution in [0.5, 0.6) is 0 Å². The molecule has 1 aromatic heterocycles. The summed E-state index contributed by atoms with van der Waals surface area (Å²) in [5.41, 5.74) is 1.21. The zero-order valence-corrected chi connectivity index (χ0v) is 15.1. The van der Waals surface area contributed by atoms with Crippen molar-refractivity contribution in [2.24, 2.45) is 0 Å². The Hall–Kier alpha value is -1.47. The van der Waals surface area contributed by atoms with Gasteiger partial charge >= 0.3 is 0 Å². The standard InChI is InChI=1S/C16H21N3O2S2/c1-11(13-7-5-4-6-8-13)9-17-15(20)12(2)23-16-19-18-14(21-16)10-22-3/h4-8,11-12H,9-10H2,1-3H3,(H,17,20). The first kappa shape index (κ1) is 17.9. The highest BCUT2D eigenvalue weighted by Gasteiger charge is 2.18. The van der Waals surface area contributed by atoms with Crippen molar-refractivity contribution in [1.82, 2.24) is 15.5 Å². The number of hydrogen-bond acceptors (Lipinski definition) is 6. The van der Waals surface area contributed by atoms with E-state index in [1.54, 1.807) is 11.8 Å². The minimum atomic E-state index is -0.277. The van der Waals surface area contributed by atoms with Crippen molar-refractivity contribution < 1.29 is 9.21 Å². The van der Waals surface area contributed by atoms with Gasteiger partial charge in [-0.25, -0.2) is 0 Å². The summed E-state index contributed by atoms with van der Waals surface area (Å²) < 4.78 is 5.48. The molecular formula is C16H21N3O2S2. The monoisotopic (exact) mass is 351 g/mol. The van der Waals surface area contributed by atoms with Gasteiger partial charge in [0.2, 0.25) is 11.8 Å². The quantitative estimate of drug-likeness (QED) is 0.736. The Morgan fingerprint density at radius 3 is 2.70 bits per heavy atom. The number of benzene rings is 1. The summed E-state index contributed by atoms with van der Waals surface area (Å²) in [6.07, 6.45) is 1.97. The van der Waals surface area contributed by atoms with Crippen LogP contribution < -0.4 is 5.32 Å².